The van der Waals surface area contributed by atoms with E-state index < -0.39 is 13.4 Å². The van der Waals surface area contributed by atoms with E-state index in [1.54, 1.807) is 6.07 Å². The molecule has 0 fully saturated rings. The van der Waals surface area contributed by atoms with Crippen molar-refractivity contribution in [2.75, 3.05) is 6.61 Å². The second kappa shape index (κ2) is 9.55. The van der Waals surface area contributed by atoms with Crippen LogP contribution in [0.2, 0.25) is 0 Å². The van der Waals surface area contributed by atoms with Gasteiger partial charge < -0.3 is 9.21 Å². The van der Waals surface area contributed by atoms with Crippen LogP contribution in [0.3, 0.4) is 0 Å². The molecule has 0 atom stereocenters. The zero-order chi connectivity index (χ0) is 22.5. The minimum absolute atomic E-state index is 0.0000664. The molecule has 0 amide bonds. The fraction of sp³-hybridized carbons (Fsp3) is 0.125. The van der Waals surface area contributed by atoms with Crippen molar-refractivity contribution < 1.29 is 18.2 Å². The summed E-state index contributed by atoms with van der Waals surface area (Å²) in [7, 11) is -2.82. The van der Waals surface area contributed by atoms with E-state index in [1.807, 2.05) is 55.5 Å². The zero-order valence-corrected chi connectivity index (χ0v) is 17.4. The third kappa shape index (κ3) is 4.44. The molecule has 4 rings (SSSR count). The van der Waals surface area contributed by atoms with E-state index in [0.717, 1.165) is 22.3 Å². The molecule has 0 bridgehead atoms. The van der Waals surface area contributed by atoms with Crippen LogP contribution >= 0.6 is 0 Å². The predicted molar refractivity (Wildman–Crippen MR) is 121 cm³/mol. The molecular formula is C24H20BF2N3O2. The average molecular weight is 431 g/mol. The first-order valence-corrected chi connectivity index (χ1v) is 10.2. The largest absolute Gasteiger partial charge is 0.678 e. The van der Waals surface area contributed by atoms with Crippen molar-refractivity contribution in [2.45, 2.75) is 13.3 Å². The van der Waals surface area contributed by atoms with Crippen LogP contribution in [0.5, 0.6) is 0 Å². The summed E-state index contributed by atoms with van der Waals surface area (Å²) >= 11 is 0. The molecule has 0 radical (unpaired) electrons. The number of fused-ring (bicyclic) bond motifs is 3. The van der Waals surface area contributed by atoms with Gasteiger partial charge in [0.25, 0.3) is 0 Å². The van der Waals surface area contributed by atoms with Gasteiger partial charge >= 0.3 is 13.4 Å². The lowest BCUT2D eigenvalue weighted by molar-refractivity contribution is -0.137. The van der Waals surface area contributed by atoms with Gasteiger partial charge in [-0.15, -0.1) is 10.2 Å². The number of nitrogens with zero attached hydrogens (tertiary/aromatic N) is 3. The fourth-order valence-electron chi connectivity index (χ4n) is 3.48. The number of benzene rings is 2. The van der Waals surface area contributed by atoms with Gasteiger partial charge in [-0.05, 0) is 41.3 Å². The quantitative estimate of drug-likeness (QED) is 0.195. The van der Waals surface area contributed by atoms with Gasteiger partial charge in [0.2, 0.25) is 0 Å². The van der Waals surface area contributed by atoms with Gasteiger partial charge in [-0.3, -0.25) is 8.63 Å². The SMILES string of the molecule is CCCOC(=O)/C=C/c1cc/c(=N/N=C2c3ccccc3-c3ccccc32)n(B(F)F)c1. The lowest BCUT2D eigenvalue weighted by Crippen LogP contribution is -2.29. The second-order valence-electron chi connectivity index (χ2n) is 7.15. The molecule has 1 aromatic heterocycles. The van der Waals surface area contributed by atoms with Crippen LogP contribution in [0.15, 0.2) is 83.1 Å². The molecule has 160 valence electrons. The van der Waals surface area contributed by atoms with Crippen molar-refractivity contribution in [3.05, 3.63) is 95.1 Å². The van der Waals surface area contributed by atoms with Crippen molar-refractivity contribution in [2.24, 2.45) is 10.2 Å². The van der Waals surface area contributed by atoms with E-state index in [-0.39, 0.29) is 5.49 Å². The summed E-state index contributed by atoms with van der Waals surface area (Å²) in [5.41, 5.74) is 4.95. The minimum Gasteiger partial charge on any atom is -0.463 e. The topological polar surface area (TPSA) is 55.9 Å². The van der Waals surface area contributed by atoms with Crippen molar-refractivity contribution in [3.63, 3.8) is 0 Å². The van der Waals surface area contributed by atoms with Crippen molar-refractivity contribution >= 4 is 25.2 Å². The minimum atomic E-state index is -2.82. The van der Waals surface area contributed by atoms with Gasteiger partial charge in [-0.25, -0.2) is 4.79 Å². The molecule has 8 heteroatoms. The highest BCUT2D eigenvalue weighted by Crippen LogP contribution is 2.36. The van der Waals surface area contributed by atoms with Crippen molar-refractivity contribution in [1.29, 1.82) is 0 Å². The molecule has 32 heavy (non-hydrogen) atoms. The monoisotopic (exact) mass is 431 g/mol. The molecule has 3 aromatic rings. The molecule has 2 aromatic carbocycles. The Labute approximate surface area is 184 Å². The molecule has 0 spiro atoms. The number of hydrogen-bond donors (Lipinski definition) is 0. The summed E-state index contributed by atoms with van der Waals surface area (Å²) < 4.78 is 33.0. The number of carbonyl (C=O) groups excluding carboxylic acids is 1. The highest BCUT2D eigenvalue weighted by molar-refractivity contribution is 6.40. The Balaban J connectivity index is 1.71. The molecule has 1 heterocycles. The molecule has 0 N–H and O–H groups in total. The smallest absolute Gasteiger partial charge is 0.463 e. The fourth-order valence-corrected chi connectivity index (χ4v) is 3.48. The highest BCUT2D eigenvalue weighted by Gasteiger charge is 2.24. The first kappa shape index (κ1) is 21.4. The Hall–Kier alpha value is -3.81. The standard InChI is InChI=1S/C24H20BF2N3O2/c1-2-15-32-23(31)14-12-17-11-13-22(30(16-17)25(26)27)28-29-24-20-9-5-3-7-18(20)19-8-4-6-10-21(19)24/h3-14,16H,2,15H2,1H3/b14-12+,28-22-. The summed E-state index contributed by atoms with van der Waals surface area (Å²) in [5.74, 6) is -0.519. The highest BCUT2D eigenvalue weighted by atomic mass is 19.2. The normalized spacial score (nSPS) is 12.6. The van der Waals surface area contributed by atoms with Crippen LogP contribution in [0.25, 0.3) is 17.2 Å². The number of halogens is 2. The number of ether oxygens (including phenoxy) is 1. The Morgan fingerprint density at radius 2 is 1.59 bits per heavy atom. The Kier molecular flexibility index (Phi) is 6.40. The van der Waals surface area contributed by atoms with Gasteiger partial charge in [-0.2, -0.15) is 0 Å². The van der Waals surface area contributed by atoms with Gasteiger partial charge in [-0.1, -0.05) is 55.5 Å². The van der Waals surface area contributed by atoms with Crippen LogP contribution in [0.4, 0.5) is 8.63 Å². The first-order chi connectivity index (χ1) is 15.6. The van der Waals surface area contributed by atoms with E-state index in [9.17, 15) is 13.4 Å². The molecule has 5 nitrogen and oxygen atoms in total. The predicted octanol–water partition coefficient (Wildman–Crippen LogP) is 4.56. The van der Waals surface area contributed by atoms with Crippen molar-refractivity contribution in [1.82, 2.24) is 4.48 Å². The summed E-state index contributed by atoms with van der Waals surface area (Å²) in [6.07, 6.45) is 4.57. The number of pyridine rings is 1. The summed E-state index contributed by atoms with van der Waals surface area (Å²) in [6, 6.07) is 18.6. The molecule has 0 saturated carbocycles. The third-order valence-electron chi connectivity index (χ3n) is 4.96. The van der Waals surface area contributed by atoms with Gasteiger partial charge in [0.05, 0.1) is 6.61 Å². The summed E-state index contributed by atoms with van der Waals surface area (Å²) in [4.78, 5) is 11.6. The lowest BCUT2D eigenvalue weighted by Gasteiger charge is -2.05. The maximum Gasteiger partial charge on any atom is 0.678 e. The Morgan fingerprint density at radius 3 is 2.19 bits per heavy atom. The molecule has 0 aliphatic heterocycles. The van der Waals surface area contributed by atoms with E-state index in [2.05, 4.69) is 10.2 Å². The lowest BCUT2D eigenvalue weighted by atomic mass is 10.1. The maximum absolute atomic E-state index is 13.7. The number of hydrogen-bond acceptors (Lipinski definition) is 4. The average Bonchev–Trinajstić information content (AvgIpc) is 3.14. The van der Waals surface area contributed by atoms with E-state index in [1.165, 1.54) is 24.4 Å². The molecule has 1 aliphatic rings. The van der Waals surface area contributed by atoms with Crippen LogP contribution < -0.4 is 5.49 Å². The van der Waals surface area contributed by atoms with Gasteiger partial charge in [0.1, 0.15) is 11.2 Å². The first-order valence-electron chi connectivity index (χ1n) is 10.2. The van der Waals surface area contributed by atoms with Crippen LogP contribution in [-0.2, 0) is 9.53 Å². The molecule has 1 aliphatic carbocycles. The van der Waals surface area contributed by atoms with Gasteiger partial charge in [0.15, 0.2) is 0 Å². The summed E-state index contributed by atoms with van der Waals surface area (Å²) in [6.45, 7) is 2.20. The molecule has 0 saturated heterocycles. The molecule has 0 unspecified atom stereocenters. The van der Waals surface area contributed by atoms with Crippen molar-refractivity contribution in [3.8, 4) is 11.1 Å². The second-order valence-corrected chi connectivity index (χ2v) is 7.15. The summed E-state index contributed by atoms with van der Waals surface area (Å²) in [5, 5.41) is 8.49. The number of rotatable bonds is 6. The Morgan fingerprint density at radius 1 is 0.969 bits per heavy atom. The van der Waals surface area contributed by atoms with Crippen LogP contribution in [0, 0.1) is 0 Å². The number of carbonyl (C=O) groups is 1. The van der Waals surface area contributed by atoms with Crippen LogP contribution in [0.1, 0.15) is 30.0 Å². The van der Waals surface area contributed by atoms with Gasteiger partial charge in [0, 0.05) is 23.4 Å². The zero-order valence-electron chi connectivity index (χ0n) is 17.4. The van der Waals surface area contributed by atoms with E-state index in [0.29, 0.717) is 28.8 Å². The van der Waals surface area contributed by atoms with E-state index in [4.69, 9.17) is 4.74 Å². The Bertz CT molecular complexity index is 1230. The third-order valence-corrected chi connectivity index (χ3v) is 4.96. The maximum atomic E-state index is 13.7. The van der Waals surface area contributed by atoms with E-state index >= 15 is 0 Å². The molecular weight excluding hydrogens is 411 g/mol. The number of aromatic nitrogens is 1. The van der Waals surface area contributed by atoms with Crippen LogP contribution in [-0.4, -0.2) is 30.2 Å². The number of esters is 1.